The number of anilines is 3. The van der Waals surface area contributed by atoms with Crippen molar-refractivity contribution in [2.24, 2.45) is 5.92 Å². The lowest BCUT2D eigenvalue weighted by atomic mass is 10.1. The van der Waals surface area contributed by atoms with Crippen LogP contribution in [0.5, 0.6) is 0 Å². The Kier molecular flexibility index (Phi) is 7.16. The molecule has 0 saturated heterocycles. The molecule has 2 unspecified atom stereocenters. The number of benzene rings is 3. The third-order valence-electron chi connectivity index (χ3n) is 5.49. The van der Waals surface area contributed by atoms with Crippen molar-refractivity contribution in [3.05, 3.63) is 85.7 Å². The van der Waals surface area contributed by atoms with Crippen LogP contribution in [0.25, 0.3) is 0 Å². The molecule has 4 rings (SSSR count). The molecule has 3 aromatic rings. The van der Waals surface area contributed by atoms with E-state index in [4.69, 9.17) is 40.5 Å². The van der Waals surface area contributed by atoms with Gasteiger partial charge in [0.15, 0.2) is 5.82 Å². The molecular formula is C23H14Cl3F3IN3O2. The molecule has 2 atom stereocenters. The molecule has 0 heterocycles. The maximum atomic E-state index is 14.2. The van der Waals surface area contributed by atoms with E-state index in [9.17, 15) is 22.8 Å². The third-order valence-corrected chi connectivity index (χ3v) is 7.59. The van der Waals surface area contributed by atoms with Gasteiger partial charge >= 0.3 is 0 Å². The van der Waals surface area contributed by atoms with E-state index in [0.717, 1.165) is 12.1 Å². The van der Waals surface area contributed by atoms with Crippen LogP contribution in [0.2, 0.25) is 5.02 Å². The van der Waals surface area contributed by atoms with Gasteiger partial charge in [-0.2, -0.15) is 0 Å². The maximum absolute atomic E-state index is 14.2. The van der Waals surface area contributed by atoms with Crippen LogP contribution in [0.15, 0.2) is 48.5 Å². The summed E-state index contributed by atoms with van der Waals surface area (Å²) in [5.74, 6) is -5.24. The van der Waals surface area contributed by atoms with Gasteiger partial charge in [-0.05, 0) is 70.6 Å². The number of nitrogens with one attached hydrogen (secondary N) is 2. The van der Waals surface area contributed by atoms with Crippen LogP contribution in [0.1, 0.15) is 21.8 Å². The van der Waals surface area contributed by atoms with Crippen LogP contribution < -0.4 is 16.4 Å². The summed E-state index contributed by atoms with van der Waals surface area (Å²) in [6, 6.07) is 10.4. The molecule has 1 fully saturated rings. The number of halogens is 7. The van der Waals surface area contributed by atoms with Gasteiger partial charge in [0.25, 0.3) is 5.91 Å². The lowest BCUT2D eigenvalue weighted by molar-refractivity contribution is -0.117. The largest absolute Gasteiger partial charge is 0.394 e. The van der Waals surface area contributed by atoms with Crippen molar-refractivity contribution < 1.29 is 22.8 Å². The SMILES string of the molecule is Nc1c(F)ccc(NC(=O)c2cc(NC(=O)C3C(c4ccc(F)c(I)c4)C3(Cl)Cl)ccc2Cl)c1F. The molecule has 5 nitrogen and oxygen atoms in total. The molecule has 0 spiro atoms. The normalized spacial score (nSPS) is 18.1. The van der Waals surface area contributed by atoms with Crippen molar-refractivity contribution in [3.63, 3.8) is 0 Å². The van der Waals surface area contributed by atoms with Crippen molar-refractivity contribution in [1.29, 1.82) is 0 Å². The Balaban J connectivity index is 1.52. The van der Waals surface area contributed by atoms with Crippen molar-refractivity contribution in [2.45, 2.75) is 10.3 Å². The minimum absolute atomic E-state index is 0.0187. The number of nitrogens with two attached hydrogens (primary N) is 1. The Morgan fingerprint density at radius 1 is 0.971 bits per heavy atom. The van der Waals surface area contributed by atoms with Crippen LogP contribution in [0, 0.1) is 26.9 Å². The molecule has 1 saturated carbocycles. The van der Waals surface area contributed by atoms with Crippen molar-refractivity contribution >= 4 is 86.3 Å². The monoisotopic (exact) mass is 653 g/mol. The Morgan fingerprint density at radius 2 is 1.66 bits per heavy atom. The molecule has 0 aromatic heterocycles. The summed E-state index contributed by atoms with van der Waals surface area (Å²) in [6.45, 7) is 0. The van der Waals surface area contributed by atoms with Crippen LogP contribution in [0.4, 0.5) is 30.2 Å². The molecule has 0 radical (unpaired) electrons. The van der Waals surface area contributed by atoms with Crippen LogP contribution >= 0.6 is 57.4 Å². The van der Waals surface area contributed by atoms with Crippen molar-refractivity contribution in [3.8, 4) is 0 Å². The smallest absolute Gasteiger partial charge is 0.257 e. The zero-order valence-electron chi connectivity index (χ0n) is 17.3. The highest BCUT2D eigenvalue weighted by Crippen LogP contribution is 2.65. The molecule has 3 aromatic carbocycles. The van der Waals surface area contributed by atoms with Gasteiger partial charge in [-0.1, -0.05) is 17.7 Å². The summed E-state index contributed by atoms with van der Waals surface area (Å²) < 4.78 is 40.1. The number of carbonyl (C=O) groups is 2. The highest BCUT2D eigenvalue weighted by atomic mass is 127. The standard InChI is InChI=1S/C23H14Cl3F3IN3O2/c24-12-3-2-10(8-11(12)21(34)33-16-6-5-14(28)20(31)19(16)29)32-22(35)18-17(23(18,25)26)9-1-4-13(27)15(30)7-9/h1-8,17-18H,31H2,(H,32,35)(H,33,34). The summed E-state index contributed by atoms with van der Waals surface area (Å²) in [7, 11) is 0. The first-order valence-corrected chi connectivity index (χ1v) is 12.1. The van der Waals surface area contributed by atoms with Crippen LogP contribution in [-0.4, -0.2) is 16.1 Å². The summed E-state index contributed by atoms with van der Waals surface area (Å²) in [5, 5.41) is 4.92. The van der Waals surface area contributed by atoms with Gasteiger partial charge in [-0.3, -0.25) is 9.59 Å². The van der Waals surface area contributed by atoms with Crippen molar-refractivity contribution in [1.82, 2.24) is 0 Å². The summed E-state index contributed by atoms with van der Waals surface area (Å²) in [4.78, 5) is 25.6. The second-order valence-corrected chi connectivity index (χ2v) is 10.8. The molecule has 182 valence electrons. The average Bonchev–Trinajstić information content (AvgIpc) is 3.39. The van der Waals surface area contributed by atoms with Gasteiger partial charge in [-0.15, -0.1) is 23.2 Å². The van der Waals surface area contributed by atoms with Gasteiger partial charge < -0.3 is 16.4 Å². The van der Waals surface area contributed by atoms with E-state index in [1.165, 1.54) is 30.3 Å². The van der Waals surface area contributed by atoms with E-state index >= 15 is 0 Å². The summed E-state index contributed by atoms with van der Waals surface area (Å²) in [6.07, 6.45) is 0. The molecule has 35 heavy (non-hydrogen) atoms. The average molecular weight is 655 g/mol. The molecular weight excluding hydrogens is 641 g/mol. The van der Waals surface area contributed by atoms with Crippen LogP contribution in [-0.2, 0) is 4.79 Å². The molecule has 0 bridgehead atoms. The van der Waals surface area contributed by atoms with Gasteiger partial charge in [0.05, 0.1) is 22.2 Å². The second kappa shape index (κ2) is 9.68. The van der Waals surface area contributed by atoms with E-state index in [2.05, 4.69) is 10.6 Å². The molecule has 4 N–H and O–H groups in total. The van der Waals surface area contributed by atoms with Gasteiger partial charge in [0.2, 0.25) is 5.91 Å². The number of carbonyl (C=O) groups excluding carboxylic acids is 2. The quantitative estimate of drug-likeness (QED) is 0.162. The van der Waals surface area contributed by atoms with Gasteiger partial charge in [-0.25, -0.2) is 13.2 Å². The number of alkyl halides is 2. The fraction of sp³-hybridized carbons (Fsp3) is 0.130. The Bertz CT molecular complexity index is 1370. The number of amides is 2. The zero-order chi connectivity index (χ0) is 25.7. The first-order chi connectivity index (χ1) is 16.4. The zero-order valence-corrected chi connectivity index (χ0v) is 21.7. The van der Waals surface area contributed by atoms with E-state index in [-0.39, 0.29) is 22.0 Å². The molecule has 0 aliphatic heterocycles. The van der Waals surface area contributed by atoms with E-state index in [1.807, 2.05) is 22.6 Å². The summed E-state index contributed by atoms with van der Waals surface area (Å²) in [5.41, 5.74) is 4.95. The number of nitrogen functional groups attached to an aromatic ring is 1. The minimum Gasteiger partial charge on any atom is -0.394 e. The highest BCUT2D eigenvalue weighted by molar-refractivity contribution is 14.1. The first-order valence-electron chi connectivity index (χ1n) is 9.89. The minimum atomic E-state index is -1.41. The van der Waals surface area contributed by atoms with Gasteiger partial charge in [0.1, 0.15) is 21.7 Å². The van der Waals surface area contributed by atoms with E-state index < -0.39 is 51.1 Å². The van der Waals surface area contributed by atoms with E-state index in [0.29, 0.717) is 9.13 Å². The predicted molar refractivity (Wildman–Crippen MR) is 139 cm³/mol. The number of rotatable bonds is 5. The topological polar surface area (TPSA) is 84.2 Å². The second-order valence-electron chi connectivity index (χ2n) is 7.76. The Morgan fingerprint density at radius 3 is 2.34 bits per heavy atom. The van der Waals surface area contributed by atoms with Crippen molar-refractivity contribution in [2.75, 3.05) is 16.4 Å². The first kappa shape index (κ1) is 25.9. The predicted octanol–water partition coefficient (Wildman–Crippen LogP) is 6.72. The van der Waals surface area contributed by atoms with Gasteiger partial charge in [0, 0.05) is 15.2 Å². The highest BCUT2D eigenvalue weighted by Gasteiger charge is 2.67. The molecule has 12 heteroatoms. The molecule has 2 amide bonds. The maximum Gasteiger partial charge on any atom is 0.257 e. The number of hydrogen-bond donors (Lipinski definition) is 3. The lowest BCUT2D eigenvalue weighted by Gasteiger charge is -2.11. The number of hydrogen-bond acceptors (Lipinski definition) is 3. The van der Waals surface area contributed by atoms with Crippen LogP contribution in [0.3, 0.4) is 0 Å². The fourth-order valence-corrected chi connectivity index (χ4v) is 5.20. The summed E-state index contributed by atoms with van der Waals surface area (Å²) >= 11 is 20.6. The molecule has 1 aliphatic rings. The lowest BCUT2D eigenvalue weighted by Crippen LogP contribution is -2.18. The fourth-order valence-electron chi connectivity index (χ4n) is 3.63. The third kappa shape index (κ3) is 5.04. The Hall–Kier alpha value is -2.21. The Labute approximate surface area is 226 Å². The molecule has 1 aliphatic carbocycles. The van der Waals surface area contributed by atoms with E-state index in [1.54, 1.807) is 6.07 Å².